The van der Waals surface area contributed by atoms with E-state index in [2.05, 4.69) is 21.0 Å². The van der Waals surface area contributed by atoms with Gasteiger partial charge in [0.1, 0.15) is 11.5 Å². The molecule has 0 radical (unpaired) electrons. The predicted molar refractivity (Wildman–Crippen MR) is 57.9 cm³/mol. The highest BCUT2D eigenvalue weighted by Crippen LogP contribution is 2.24. The summed E-state index contributed by atoms with van der Waals surface area (Å²) in [6.07, 6.45) is 2.98. The second-order valence-corrected chi connectivity index (χ2v) is 3.91. The van der Waals surface area contributed by atoms with Crippen molar-refractivity contribution in [3.63, 3.8) is 0 Å². The molecule has 0 fully saturated rings. The number of halogens is 2. The average Bonchev–Trinajstić information content (AvgIpc) is 2.64. The Hall–Kier alpha value is -1.76. The van der Waals surface area contributed by atoms with Gasteiger partial charge in [0, 0.05) is 18.3 Å². The van der Waals surface area contributed by atoms with Gasteiger partial charge in [0.15, 0.2) is 0 Å². The van der Waals surface area contributed by atoms with Crippen LogP contribution in [0.5, 0.6) is 0 Å². The van der Waals surface area contributed by atoms with Gasteiger partial charge < -0.3 is 0 Å². The Morgan fingerprint density at radius 2 is 2.25 bits per heavy atom. The minimum Gasteiger partial charge on any atom is -0.258 e. The van der Waals surface area contributed by atoms with Crippen molar-refractivity contribution in [3.05, 3.63) is 51.0 Å². The molecule has 0 aliphatic rings. The quantitative estimate of drug-likeness (QED) is 0.630. The zero-order valence-electron chi connectivity index (χ0n) is 7.80. The minimum absolute atomic E-state index is 0.0932. The molecule has 1 aromatic carbocycles. The predicted octanol–water partition coefficient (Wildman–Crippen LogP) is 2.68. The molecule has 0 spiro atoms. The SMILES string of the molecule is O=[N+]([O-])c1ccc(F)cc1-n1cc(Br)cn1. The highest BCUT2D eigenvalue weighted by atomic mass is 79.9. The van der Waals surface area contributed by atoms with Crippen LogP contribution in [0.2, 0.25) is 0 Å². The number of hydrogen-bond acceptors (Lipinski definition) is 3. The van der Waals surface area contributed by atoms with Crippen molar-refractivity contribution >= 4 is 21.6 Å². The maximum atomic E-state index is 13.0. The third kappa shape index (κ3) is 1.94. The normalized spacial score (nSPS) is 10.4. The van der Waals surface area contributed by atoms with E-state index < -0.39 is 10.7 Å². The topological polar surface area (TPSA) is 61.0 Å². The molecule has 7 heteroatoms. The van der Waals surface area contributed by atoms with E-state index in [0.717, 1.165) is 18.2 Å². The summed E-state index contributed by atoms with van der Waals surface area (Å²) in [4.78, 5) is 10.2. The molecular formula is C9H5BrFN3O2. The number of aromatic nitrogens is 2. The zero-order chi connectivity index (χ0) is 11.7. The monoisotopic (exact) mass is 285 g/mol. The van der Waals surface area contributed by atoms with E-state index >= 15 is 0 Å². The van der Waals surface area contributed by atoms with Crippen LogP contribution in [-0.4, -0.2) is 14.7 Å². The van der Waals surface area contributed by atoms with E-state index in [9.17, 15) is 14.5 Å². The first kappa shape index (κ1) is 10.7. The number of hydrogen-bond donors (Lipinski definition) is 0. The third-order valence-corrected chi connectivity index (χ3v) is 2.34. The Labute approximate surface area is 97.8 Å². The van der Waals surface area contributed by atoms with Gasteiger partial charge in [-0.25, -0.2) is 9.07 Å². The van der Waals surface area contributed by atoms with Gasteiger partial charge in [-0.1, -0.05) is 0 Å². The molecule has 0 unspecified atom stereocenters. The van der Waals surface area contributed by atoms with Crippen LogP contribution in [0.3, 0.4) is 0 Å². The summed E-state index contributed by atoms with van der Waals surface area (Å²) in [6, 6.07) is 3.22. The highest BCUT2D eigenvalue weighted by molar-refractivity contribution is 9.10. The van der Waals surface area contributed by atoms with Crippen LogP contribution >= 0.6 is 15.9 Å². The summed E-state index contributed by atoms with van der Waals surface area (Å²) in [7, 11) is 0. The summed E-state index contributed by atoms with van der Waals surface area (Å²) < 4.78 is 14.9. The van der Waals surface area contributed by atoms with E-state index in [-0.39, 0.29) is 11.4 Å². The maximum Gasteiger partial charge on any atom is 0.295 e. The van der Waals surface area contributed by atoms with Crippen molar-refractivity contribution in [2.24, 2.45) is 0 Å². The van der Waals surface area contributed by atoms with E-state index in [0.29, 0.717) is 4.47 Å². The molecule has 0 aliphatic carbocycles. The first-order chi connectivity index (χ1) is 7.58. The molecular weight excluding hydrogens is 281 g/mol. The Morgan fingerprint density at radius 3 is 2.81 bits per heavy atom. The molecule has 0 amide bonds. The lowest BCUT2D eigenvalue weighted by Gasteiger charge is -2.02. The second kappa shape index (κ2) is 4.01. The van der Waals surface area contributed by atoms with E-state index in [1.807, 2.05) is 0 Å². The molecule has 2 rings (SSSR count). The highest BCUT2D eigenvalue weighted by Gasteiger charge is 2.16. The van der Waals surface area contributed by atoms with E-state index in [4.69, 9.17) is 0 Å². The molecule has 0 aliphatic heterocycles. The van der Waals surface area contributed by atoms with Crippen LogP contribution in [0.1, 0.15) is 0 Å². The van der Waals surface area contributed by atoms with Gasteiger partial charge in [-0.3, -0.25) is 10.1 Å². The fraction of sp³-hybridized carbons (Fsp3) is 0. The zero-order valence-corrected chi connectivity index (χ0v) is 9.39. The number of nitrogens with zero attached hydrogens (tertiary/aromatic N) is 3. The Morgan fingerprint density at radius 1 is 1.50 bits per heavy atom. The van der Waals surface area contributed by atoms with Crippen LogP contribution in [0.15, 0.2) is 35.1 Å². The van der Waals surface area contributed by atoms with Crippen LogP contribution in [-0.2, 0) is 0 Å². The molecule has 1 heterocycles. The van der Waals surface area contributed by atoms with E-state index in [1.165, 1.54) is 17.1 Å². The average molecular weight is 286 g/mol. The molecule has 0 N–H and O–H groups in total. The molecule has 5 nitrogen and oxygen atoms in total. The fourth-order valence-electron chi connectivity index (χ4n) is 1.27. The maximum absolute atomic E-state index is 13.0. The second-order valence-electron chi connectivity index (χ2n) is 2.99. The lowest BCUT2D eigenvalue weighted by molar-refractivity contribution is -0.384. The van der Waals surface area contributed by atoms with Crippen LogP contribution in [0.25, 0.3) is 5.69 Å². The van der Waals surface area contributed by atoms with Crippen molar-refractivity contribution in [1.82, 2.24) is 9.78 Å². The molecule has 0 bridgehead atoms. The van der Waals surface area contributed by atoms with Gasteiger partial charge in [-0.15, -0.1) is 0 Å². The van der Waals surface area contributed by atoms with Gasteiger partial charge in [-0.05, 0) is 22.0 Å². The molecule has 16 heavy (non-hydrogen) atoms. The molecule has 1 aromatic heterocycles. The molecule has 82 valence electrons. The van der Waals surface area contributed by atoms with Crippen LogP contribution in [0, 0.1) is 15.9 Å². The number of nitro benzene ring substituents is 1. The molecule has 0 saturated heterocycles. The van der Waals surface area contributed by atoms with Crippen molar-refractivity contribution < 1.29 is 9.31 Å². The summed E-state index contributed by atoms with van der Waals surface area (Å²) in [5, 5.41) is 14.6. The number of benzene rings is 1. The first-order valence-corrected chi connectivity index (χ1v) is 5.02. The molecule has 0 saturated carbocycles. The smallest absolute Gasteiger partial charge is 0.258 e. The van der Waals surface area contributed by atoms with Crippen molar-refractivity contribution in [2.45, 2.75) is 0 Å². The van der Waals surface area contributed by atoms with Gasteiger partial charge in [0.25, 0.3) is 5.69 Å². The lowest BCUT2D eigenvalue weighted by atomic mass is 10.2. The van der Waals surface area contributed by atoms with Gasteiger partial charge in [-0.2, -0.15) is 5.10 Å². The minimum atomic E-state index is -0.579. The van der Waals surface area contributed by atoms with Crippen molar-refractivity contribution in [1.29, 1.82) is 0 Å². The summed E-state index contributed by atoms with van der Waals surface area (Å²) in [5.74, 6) is -0.549. The Balaban J connectivity index is 2.62. The van der Waals surface area contributed by atoms with Crippen LogP contribution < -0.4 is 0 Å². The lowest BCUT2D eigenvalue weighted by Crippen LogP contribution is -2.01. The van der Waals surface area contributed by atoms with Crippen molar-refractivity contribution in [2.75, 3.05) is 0 Å². The van der Waals surface area contributed by atoms with Crippen LogP contribution in [0.4, 0.5) is 10.1 Å². The van der Waals surface area contributed by atoms with E-state index in [1.54, 1.807) is 0 Å². The van der Waals surface area contributed by atoms with Gasteiger partial charge in [0.2, 0.25) is 0 Å². The largest absolute Gasteiger partial charge is 0.295 e. The fourth-order valence-corrected chi connectivity index (χ4v) is 1.55. The summed E-state index contributed by atoms with van der Waals surface area (Å²) in [5.41, 5.74) is -0.104. The van der Waals surface area contributed by atoms with Gasteiger partial charge >= 0.3 is 0 Å². The Kier molecular flexibility index (Phi) is 2.69. The Bertz CT molecular complexity index is 555. The standard InChI is InChI=1S/C9H5BrFN3O2/c10-6-4-12-13(5-6)9-3-7(11)1-2-8(9)14(15)16/h1-5H. The molecule has 0 atom stereocenters. The van der Waals surface area contributed by atoms with Gasteiger partial charge in [0.05, 0.1) is 15.6 Å². The summed E-state index contributed by atoms with van der Waals surface area (Å²) in [6.45, 7) is 0. The molecule has 2 aromatic rings. The number of nitro groups is 1. The third-order valence-electron chi connectivity index (χ3n) is 1.93. The first-order valence-electron chi connectivity index (χ1n) is 4.22. The summed E-state index contributed by atoms with van der Waals surface area (Å²) >= 11 is 3.16. The number of rotatable bonds is 2. The van der Waals surface area contributed by atoms with Crippen molar-refractivity contribution in [3.8, 4) is 5.69 Å².